The molecule has 1 atom stereocenters. The predicted molar refractivity (Wildman–Crippen MR) is 113 cm³/mol. The molecule has 1 aromatic carbocycles. The third kappa shape index (κ3) is 4.45. The van der Waals surface area contributed by atoms with E-state index in [-0.39, 0.29) is 18.2 Å². The minimum Gasteiger partial charge on any atom is -0.326 e. The van der Waals surface area contributed by atoms with Gasteiger partial charge in [0.1, 0.15) is 5.25 Å². The van der Waals surface area contributed by atoms with Gasteiger partial charge < -0.3 is 5.32 Å². The molecular weight excluding hydrogens is 380 g/mol. The number of amides is 2. The van der Waals surface area contributed by atoms with Crippen LogP contribution in [-0.2, 0) is 9.59 Å². The topological polar surface area (TPSA) is 74.1 Å². The average Bonchev–Trinajstić information content (AvgIpc) is 3.25. The normalized spacial score (nSPS) is 18.6. The molecule has 0 bridgehead atoms. The summed E-state index contributed by atoms with van der Waals surface area (Å²) >= 11 is 2.80. The Morgan fingerprint density at radius 1 is 1.26 bits per heavy atom. The number of hydrazone groups is 1. The number of anilines is 1. The molecule has 27 heavy (non-hydrogen) atoms. The Labute approximate surface area is 166 Å². The number of nitrogens with one attached hydrogen (secondary N) is 1. The van der Waals surface area contributed by atoms with E-state index in [0.29, 0.717) is 5.17 Å². The van der Waals surface area contributed by atoms with Gasteiger partial charge in [-0.25, -0.2) is 0 Å². The van der Waals surface area contributed by atoms with Crippen molar-refractivity contribution < 1.29 is 9.59 Å². The molecule has 8 heteroatoms. The molecule has 2 aromatic rings. The highest BCUT2D eigenvalue weighted by Crippen LogP contribution is 2.30. The molecule has 140 valence electrons. The number of carbonyl (C=O) groups is 2. The number of para-hydroxylation sites is 1. The first kappa shape index (κ1) is 19.3. The molecule has 2 heterocycles. The third-order valence-corrected chi connectivity index (χ3v) is 6.09. The van der Waals surface area contributed by atoms with Crippen molar-refractivity contribution in [3.63, 3.8) is 0 Å². The fourth-order valence-corrected chi connectivity index (χ4v) is 4.30. The summed E-state index contributed by atoms with van der Waals surface area (Å²) in [5.41, 5.74) is 2.79. The number of thiophene rings is 1. The molecule has 1 aromatic heterocycles. The van der Waals surface area contributed by atoms with Gasteiger partial charge in [0.25, 0.3) is 5.91 Å². The number of benzene rings is 1. The van der Waals surface area contributed by atoms with Crippen molar-refractivity contribution in [2.45, 2.75) is 25.5 Å². The maximum Gasteiger partial charge on any atom is 0.263 e. The van der Waals surface area contributed by atoms with Gasteiger partial charge in [0, 0.05) is 24.0 Å². The van der Waals surface area contributed by atoms with Gasteiger partial charge in [0.15, 0.2) is 5.17 Å². The third-order valence-electron chi connectivity index (χ3n) is 4.06. The van der Waals surface area contributed by atoms with E-state index in [4.69, 9.17) is 0 Å². The number of rotatable bonds is 5. The SMILES string of the molecule is CN=C1SC(CC(=O)Nc2c(C)cccc2C)C(=O)N1N=Cc1cccs1. The molecular formula is C19H20N4O2S2. The molecule has 0 aliphatic carbocycles. The van der Waals surface area contributed by atoms with Crippen molar-refractivity contribution >= 4 is 52.0 Å². The number of thioether (sulfide) groups is 1. The molecule has 2 amide bonds. The van der Waals surface area contributed by atoms with E-state index in [1.54, 1.807) is 13.3 Å². The Morgan fingerprint density at radius 3 is 2.63 bits per heavy atom. The van der Waals surface area contributed by atoms with Gasteiger partial charge in [-0.15, -0.1) is 11.3 Å². The van der Waals surface area contributed by atoms with Crippen molar-refractivity contribution in [1.29, 1.82) is 0 Å². The summed E-state index contributed by atoms with van der Waals surface area (Å²) in [6, 6.07) is 9.67. The Kier molecular flexibility index (Phi) is 6.08. The highest BCUT2D eigenvalue weighted by Gasteiger charge is 2.39. The standard InChI is InChI=1S/C19H20N4O2S2/c1-12-6-4-7-13(2)17(12)22-16(24)10-15-18(25)23(19(20-3)27-15)21-11-14-8-5-9-26-14/h4-9,11,15H,10H2,1-3H3,(H,22,24). The second-order valence-corrected chi connectivity index (χ2v) is 8.19. The van der Waals surface area contributed by atoms with Gasteiger partial charge >= 0.3 is 0 Å². The van der Waals surface area contributed by atoms with Crippen LogP contribution >= 0.6 is 23.1 Å². The van der Waals surface area contributed by atoms with Gasteiger partial charge in [-0.2, -0.15) is 10.1 Å². The fraction of sp³-hybridized carbons (Fsp3) is 0.263. The lowest BCUT2D eigenvalue weighted by Gasteiger charge is -2.12. The van der Waals surface area contributed by atoms with Gasteiger partial charge in [-0.05, 0) is 36.4 Å². The molecule has 1 fully saturated rings. The van der Waals surface area contributed by atoms with Crippen LogP contribution < -0.4 is 5.32 Å². The number of aliphatic imine (C=N–C) groups is 1. The Morgan fingerprint density at radius 2 is 2.00 bits per heavy atom. The lowest BCUT2D eigenvalue weighted by molar-refractivity contribution is -0.128. The van der Waals surface area contributed by atoms with Crippen LogP contribution in [0.2, 0.25) is 0 Å². The van der Waals surface area contributed by atoms with Crippen LogP contribution in [0.5, 0.6) is 0 Å². The average molecular weight is 401 g/mol. The predicted octanol–water partition coefficient (Wildman–Crippen LogP) is 3.66. The van der Waals surface area contributed by atoms with Crippen molar-refractivity contribution in [1.82, 2.24) is 5.01 Å². The Bertz CT molecular complexity index is 886. The van der Waals surface area contributed by atoms with Crippen molar-refractivity contribution in [3.05, 3.63) is 51.7 Å². The second kappa shape index (κ2) is 8.49. The lowest BCUT2D eigenvalue weighted by Crippen LogP contribution is -2.30. The van der Waals surface area contributed by atoms with Crippen LogP contribution in [0, 0.1) is 13.8 Å². The Balaban J connectivity index is 1.68. The Hall–Kier alpha value is -2.45. The number of nitrogens with zero attached hydrogens (tertiary/aromatic N) is 3. The number of amidine groups is 1. The molecule has 1 aliphatic heterocycles. The van der Waals surface area contributed by atoms with Crippen LogP contribution in [-0.4, -0.2) is 40.5 Å². The number of hydrogen-bond acceptors (Lipinski definition) is 6. The zero-order valence-electron chi connectivity index (χ0n) is 15.3. The quantitative estimate of drug-likeness (QED) is 0.779. The molecule has 1 aliphatic rings. The zero-order valence-corrected chi connectivity index (χ0v) is 16.9. The molecule has 1 saturated heterocycles. The number of aryl methyl sites for hydroxylation is 2. The van der Waals surface area contributed by atoms with Crippen LogP contribution in [0.1, 0.15) is 22.4 Å². The van der Waals surface area contributed by atoms with Crippen molar-refractivity contribution in [2.24, 2.45) is 10.1 Å². The summed E-state index contributed by atoms with van der Waals surface area (Å²) in [6.07, 6.45) is 1.70. The van der Waals surface area contributed by atoms with E-state index in [1.807, 2.05) is 49.6 Å². The molecule has 3 rings (SSSR count). The van der Waals surface area contributed by atoms with Gasteiger partial charge in [-0.1, -0.05) is 36.0 Å². The van der Waals surface area contributed by atoms with Gasteiger partial charge in [0.2, 0.25) is 5.91 Å². The van der Waals surface area contributed by atoms with E-state index < -0.39 is 5.25 Å². The van der Waals surface area contributed by atoms with Crippen LogP contribution in [0.4, 0.5) is 5.69 Å². The van der Waals surface area contributed by atoms with Gasteiger partial charge in [0.05, 0.1) is 6.21 Å². The van der Waals surface area contributed by atoms with Crippen molar-refractivity contribution in [3.8, 4) is 0 Å². The first-order chi connectivity index (χ1) is 13.0. The summed E-state index contributed by atoms with van der Waals surface area (Å²) in [4.78, 5) is 30.3. The molecule has 1 unspecified atom stereocenters. The fourth-order valence-electron chi connectivity index (χ4n) is 2.69. The summed E-state index contributed by atoms with van der Waals surface area (Å²) < 4.78 is 0. The first-order valence-corrected chi connectivity index (χ1v) is 10.2. The largest absolute Gasteiger partial charge is 0.326 e. The first-order valence-electron chi connectivity index (χ1n) is 8.40. The smallest absolute Gasteiger partial charge is 0.263 e. The van der Waals surface area contributed by atoms with Crippen LogP contribution in [0.25, 0.3) is 0 Å². The van der Waals surface area contributed by atoms with E-state index in [1.165, 1.54) is 28.1 Å². The molecule has 0 saturated carbocycles. The van der Waals surface area contributed by atoms with Gasteiger partial charge in [-0.3, -0.25) is 14.6 Å². The minimum atomic E-state index is -0.534. The maximum absolute atomic E-state index is 12.7. The number of hydrogen-bond donors (Lipinski definition) is 1. The molecule has 1 N–H and O–H groups in total. The summed E-state index contributed by atoms with van der Waals surface area (Å²) in [5, 5.41) is 10.4. The minimum absolute atomic E-state index is 0.0708. The monoisotopic (exact) mass is 400 g/mol. The maximum atomic E-state index is 12.7. The molecule has 0 radical (unpaired) electrons. The highest BCUT2D eigenvalue weighted by molar-refractivity contribution is 8.15. The summed E-state index contributed by atoms with van der Waals surface area (Å²) in [7, 11) is 1.61. The molecule has 0 spiro atoms. The van der Waals surface area contributed by atoms with E-state index in [9.17, 15) is 9.59 Å². The van der Waals surface area contributed by atoms with E-state index in [2.05, 4.69) is 15.4 Å². The lowest BCUT2D eigenvalue weighted by atomic mass is 10.1. The van der Waals surface area contributed by atoms with E-state index >= 15 is 0 Å². The highest BCUT2D eigenvalue weighted by atomic mass is 32.2. The zero-order chi connectivity index (χ0) is 19.4. The summed E-state index contributed by atoms with van der Waals surface area (Å²) in [6.45, 7) is 3.89. The van der Waals surface area contributed by atoms with E-state index in [0.717, 1.165) is 21.7 Å². The van der Waals surface area contributed by atoms with Crippen LogP contribution in [0.3, 0.4) is 0 Å². The van der Waals surface area contributed by atoms with Crippen LogP contribution in [0.15, 0.2) is 45.8 Å². The van der Waals surface area contributed by atoms with Crippen molar-refractivity contribution in [2.75, 3.05) is 12.4 Å². The molecule has 6 nitrogen and oxygen atoms in total. The second-order valence-electron chi connectivity index (χ2n) is 6.04. The summed E-state index contributed by atoms with van der Waals surface area (Å²) in [5.74, 6) is -0.428. The number of carbonyl (C=O) groups excluding carboxylic acids is 2.